The minimum atomic E-state index is -0.582. The number of nitrogens with two attached hydrogens (primary N) is 1. The fourth-order valence-electron chi connectivity index (χ4n) is 3.25. The Morgan fingerprint density at radius 2 is 1.93 bits per heavy atom. The van der Waals surface area contributed by atoms with Gasteiger partial charge in [-0.1, -0.05) is 12.1 Å². The maximum Gasteiger partial charge on any atom is 0.284 e. The van der Waals surface area contributed by atoms with Gasteiger partial charge in [0.05, 0.1) is 6.54 Å². The van der Waals surface area contributed by atoms with E-state index in [-0.39, 0.29) is 35.6 Å². The summed E-state index contributed by atoms with van der Waals surface area (Å²) in [6.45, 7) is 3.18. The van der Waals surface area contributed by atoms with Gasteiger partial charge >= 0.3 is 0 Å². The van der Waals surface area contributed by atoms with Gasteiger partial charge < -0.3 is 20.8 Å². The van der Waals surface area contributed by atoms with E-state index in [1.165, 1.54) is 12.1 Å². The Hall–Kier alpha value is -2.14. The second-order valence-corrected chi connectivity index (χ2v) is 6.88. The molecule has 1 aliphatic rings. The SMILES string of the molecule is CN=C(NCc1ccc(C(N)=O)o1)NC1CCN(Cc2ccc(F)cc2)CC1.I. The molecule has 1 fully saturated rings. The monoisotopic (exact) mass is 515 g/mol. The molecule has 158 valence electrons. The van der Waals surface area contributed by atoms with E-state index in [9.17, 15) is 9.18 Å². The van der Waals surface area contributed by atoms with Crippen LogP contribution in [0.15, 0.2) is 45.8 Å². The number of piperidine rings is 1. The van der Waals surface area contributed by atoms with Crippen LogP contribution in [-0.4, -0.2) is 42.9 Å². The third-order valence-corrected chi connectivity index (χ3v) is 4.81. The van der Waals surface area contributed by atoms with Crippen LogP contribution in [0.5, 0.6) is 0 Å². The quantitative estimate of drug-likeness (QED) is 0.312. The Labute approximate surface area is 186 Å². The molecule has 0 spiro atoms. The zero-order valence-corrected chi connectivity index (χ0v) is 18.7. The zero-order valence-electron chi connectivity index (χ0n) is 16.4. The summed E-state index contributed by atoms with van der Waals surface area (Å²) < 4.78 is 18.4. The maximum atomic E-state index is 13.0. The zero-order chi connectivity index (χ0) is 19.9. The molecule has 2 heterocycles. The van der Waals surface area contributed by atoms with Crippen LogP contribution in [0, 0.1) is 5.82 Å². The molecular weight excluding hydrogens is 488 g/mol. The van der Waals surface area contributed by atoms with Crippen molar-refractivity contribution in [3.63, 3.8) is 0 Å². The minimum absolute atomic E-state index is 0. The van der Waals surface area contributed by atoms with Gasteiger partial charge in [0.1, 0.15) is 11.6 Å². The summed E-state index contributed by atoms with van der Waals surface area (Å²) in [5.74, 6) is 0.667. The van der Waals surface area contributed by atoms with E-state index in [2.05, 4.69) is 20.5 Å². The highest BCUT2D eigenvalue weighted by atomic mass is 127. The van der Waals surface area contributed by atoms with Crippen LogP contribution in [-0.2, 0) is 13.1 Å². The lowest BCUT2D eigenvalue weighted by atomic mass is 10.0. The molecule has 0 aliphatic carbocycles. The van der Waals surface area contributed by atoms with Crippen molar-refractivity contribution in [1.29, 1.82) is 0 Å². The van der Waals surface area contributed by atoms with Gasteiger partial charge in [-0.05, 0) is 42.7 Å². The molecule has 1 amide bonds. The van der Waals surface area contributed by atoms with Gasteiger partial charge in [0.25, 0.3) is 5.91 Å². The van der Waals surface area contributed by atoms with Crippen molar-refractivity contribution in [2.45, 2.75) is 32.0 Å². The van der Waals surface area contributed by atoms with E-state index in [1.54, 1.807) is 19.2 Å². The van der Waals surface area contributed by atoms with Crippen molar-refractivity contribution in [2.24, 2.45) is 10.7 Å². The number of amides is 1. The number of guanidine groups is 1. The lowest BCUT2D eigenvalue weighted by molar-refractivity contribution is 0.0972. The van der Waals surface area contributed by atoms with Crippen molar-refractivity contribution >= 4 is 35.8 Å². The summed E-state index contributed by atoms with van der Waals surface area (Å²) >= 11 is 0. The Kier molecular flexibility index (Phi) is 8.90. The number of hydrogen-bond donors (Lipinski definition) is 3. The van der Waals surface area contributed by atoms with Gasteiger partial charge in [0.2, 0.25) is 0 Å². The van der Waals surface area contributed by atoms with Crippen LogP contribution in [0.3, 0.4) is 0 Å². The van der Waals surface area contributed by atoms with E-state index in [0.717, 1.165) is 38.0 Å². The van der Waals surface area contributed by atoms with E-state index >= 15 is 0 Å². The predicted molar refractivity (Wildman–Crippen MR) is 121 cm³/mol. The first kappa shape index (κ1) is 23.1. The van der Waals surface area contributed by atoms with Gasteiger partial charge in [-0.2, -0.15) is 0 Å². The molecule has 1 saturated heterocycles. The number of rotatable bonds is 6. The number of halogens is 2. The first-order valence-electron chi connectivity index (χ1n) is 9.36. The number of aliphatic imine (C=N–C) groups is 1. The van der Waals surface area contributed by atoms with E-state index in [4.69, 9.17) is 10.2 Å². The van der Waals surface area contributed by atoms with Crippen LogP contribution in [0.4, 0.5) is 4.39 Å². The second-order valence-electron chi connectivity index (χ2n) is 6.88. The number of furan rings is 1. The molecule has 29 heavy (non-hydrogen) atoms. The number of nitrogens with one attached hydrogen (secondary N) is 2. The van der Waals surface area contributed by atoms with Crippen molar-refractivity contribution in [3.05, 3.63) is 59.3 Å². The fraction of sp³-hybridized carbons (Fsp3) is 0.400. The van der Waals surface area contributed by atoms with Gasteiger partial charge in [-0.3, -0.25) is 14.7 Å². The van der Waals surface area contributed by atoms with Crippen molar-refractivity contribution in [3.8, 4) is 0 Å². The van der Waals surface area contributed by atoms with Crippen LogP contribution >= 0.6 is 24.0 Å². The molecule has 4 N–H and O–H groups in total. The predicted octanol–water partition coefficient (Wildman–Crippen LogP) is 2.47. The van der Waals surface area contributed by atoms with Crippen molar-refractivity contribution < 1.29 is 13.6 Å². The molecule has 0 radical (unpaired) electrons. The molecule has 0 atom stereocenters. The lowest BCUT2D eigenvalue weighted by Crippen LogP contribution is -2.48. The van der Waals surface area contributed by atoms with Gasteiger partial charge in [-0.15, -0.1) is 24.0 Å². The van der Waals surface area contributed by atoms with Crippen LogP contribution < -0.4 is 16.4 Å². The summed E-state index contributed by atoms with van der Waals surface area (Å²) in [5.41, 5.74) is 6.31. The molecular formula is C20H27FIN5O2. The number of carbonyl (C=O) groups is 1. The molecule has 2 aromatic rings. The molecule has 1 aromatic carbocycles. The van der Waals surface area contributed by atoms with Crippen molar-refractivity contribution in [1.82, 2.24) is 15.5 Å². The Morgan fingerprint density at radius 1 is 1.24 bits per heavy atom. The standard InChI is InChI=1S/C20H26FN5O2.HI/c1-23-20(24-12-17-6-7-18(28-17)19(22)27)25-16-8-10-26(11-9-16)13-14-2-4-15(21)5-3-14;/h2-7,16H,8-13H2,1H3,(H2,22,27)(H2,23,24,25);1H. The smallest absolute Gasteiger partial charge is 0.284 e. The molecule has 3 rings (SSSR count). The average molecular weight is 515 g/mol. The molecule has 7 nitrogen and oxygen atoms in total. The first-order chi connectivity index (χ1) is 13.5. The van der Waals surface area contributed by atoms with Gasteiger partial charge in [-0.25, -0.2) is 4.39 Å². The minimum Gasteiger partial charge on any atom is -0.454 e. The van der Waals surface area contributed by atoms with E-state index in [0.29, 0.717) is 24.3 Å². The van der Waals surface area contributed by atoms with E-state index < -0.39 is 5.91 Å². The molecule has 0 saturated carbocycles. The van der Waals surface area contributed by atoms with Crippen LogP contribution in [0.2, 0.25) is 0 Å². The Morgan fingerprint density at radius 3 is 2.52 bits per heavy atom. The summed E-state index contributed by atoms with van der Waals surface area (Å²) in [5, 5.41) is 6.61. The highest BCUT2D eigenvalue weighted by molar-refractivity contribution is 14.0. The van der Waals surface area contributed by atoms with Gasteiger partial charge in [0.15, 0.2) is 11.7 Å². The van der Waals surface area contributed by atoms with E-state index in [1.807, 2.05) is 12.1 Å². The number of carbonyl (C=O) groups excluding carboxylic acids is 1. The first-order valence-corrected chi connectivity index (χ1v) is 9.36. The topological polar surface area (TPSA) is 95.9 Å². The maximum absolute atomic E-state index is 13.0. The normalized spacial score (nSPS) is 15.6. The second kappa shape index (κ2) is 11.1. The highest BCUT2D eigenvalue weighted by Crippen LogP contribution is 2.14. The van der Waals surface area contributed by atoms with Crippen LogP contribution in [0.25, 0.3) is 0 Å². The average Bonchev–Trinajstić information content (AvgIpc) is 3.18. The summed E-state index contributed by atoms with van der Waals surface area (Å²) in [6.07, 6.45) is 1.99. The Bertz CT molecular complexity index is 817. The molecule has 1 aliphatic heterocycles. The third-order valence-electron chi connectivity index (χ3n) is 4.81. The highest BCUT2D eigenvalue weighted by Gasteiger charge is 2.20. The number of primary amides is 1. The summed E-state index contributed by atoms with van der Waals surface area (Å²) in [4.78, 5) is 17.7. The lowest BCUT2D eigenvalue weighted by Gasteiger charge is -2.33. The summed E-state index contributed by atoms with van der Waals surface area (Å²) in [7, 11) is 1.72. The molecule has 0 unspecified atom stereocenters. The van der Waals surface area contributed by atoms with Gasteiger partial charge in [0, 0.05) is 32.7 Å². The largest absolute Gasteiger partial charge is 0.454 e. The third kappa shape index (κ3) is 7.00. The van der Waals surface area contributed by atoms with Crippen molar-refractivity contribution in [2.75, 3.05) is 20.1 Å². The van der Waals surface area contributed by atoms with Crippen LogP contribution in [0.1, 0.15) is 34.7 Å². The molecule has 9 heteroatoms. The number of hydrogen-bond acceptors (Lipinski definition) is 4. The molecule has 0 bridgehead atoms. The molecule has 1 aromatic heterocycles. The number of benzene rings is 1. The number of nitrogens with zero attached hydrogens (tertiary/aromatic N) is 2. The summed E-state index contributed by atoms with van der Waals surface area (Å²) in [6, 6.07) is 10.3. The Balaban J connectivity index is 0.00000300. The fourth-order valence-corrected chi connectivity index (χ4v) is 3.25. The number of likely N-dealkylation sites (tertiary alicyclic amines) is 1.